The third-order valence-electron chi connectivity index (χ3n) is 6.56. The molecule has 0 aliphatic carbocycles. The number of anilines is 1. The van der Waals surface area contributed by atoms with Crippen molar-refractivity contribution in [1.82, 2.24) is 18.9 Å². The lowest BCUT2D eigenvalue weighted by Gasteiger charge is -2.25. The van der Waals surface area contributed by atoms with Crippen LogP contribution in [0.1, 0.15) is 38.2 Å². The molecule has 1 aliphatic heterocycles. The summed E-state index contributed by atoms with van der Waals surface area (Å²) in [6.07, 6.45) is 3.44. The molecule has 1 aliphatic rings. The van der Waals surface area contributed by atoms with Crippen LogP contribution < -0.4 is 5.32 Å². The first-order valence-electron chi connectivity index (χ1n) is 12.2. The number of pyridine rings is 1. The largest absolute Gasteiger partial charge is 0.325 e. The zero-order valence-corrected chi connectivity index (χ0v) is 22.0. The maximum atomic E-state index is 13.1. The van der Waals surface area contributed by atoms with Crippen molar-refractivity contribution in [2.75, 3.05) is 18.4 Å². The normalized spacial score (nSPS) is 15.8. The van der Waals surface area contributed by atoms with Crippen LogP contribution in [0.4, 0.5) is 5.69 Å². The molecule has 3 heterocycles. The summed E-state index contributed by atoms with van der Waals surface area (Å²) in [5.41, 5.74) is 3.43. The molecule has 0 radical (unpaired) electrons. The van der Waals surface area contributed by atoms with E-state index in [1.807, 2.05) is 35.6 Å². The number of hydrogen-bond acceptors (Lipinski definition) is 6. The van der Waals surface area contributed by atoms with Crippen LogP contribution in [0.25, 0.3) is 16.6 Å². The predicted molar refractivity (Wildman–Crippen MR) is 143 cm³/mol. The van der Waals surface area contributed by atoms with E-state index in [4.69, 9.17) is 0 Å². The van der Waals surface area contributed by atoms with E-state index >= 15 is 0 Å². The second kappa shape index (κ2) is 10.2. The quantitative estimate of drug-likeness (QED) is 0.347. The topological polar surface area (TPSA) is 96.7 Å². The Hall–Kier alpha value is -2.95. The summed E-state index contributed by atoms with van der Waals surface area (Å²) < 4.78 is 29.3. The van der Waals surface area contributed by atoms with Crippen LogP contribution in [0, 0.1) is 6.92 Å². The van der Waals surface area contributed by atoms with E-state index in [2.05, 4.69) is 28.5 Å². The maximum Gasteiger partial charge on any atom is 0.243 e. The average molecular weight is 524 g/mol. The molecule has 1 unspecified atom stereocenters. The van der Waals surface area contributed by atoms with Gasteiger partial charge in [0.15, 0.2) is 10.8 Å². The standard InChI is InChI=1S/C26H29N5O3S2/c1-3-23(35-26-29-28-24-17-18(2)21-9-5-6-10-22(21)31(24)26)25(32)27-19-11-13-20(14-12-19)36(33,34)30-15-7-4-8-16-30/h5-6,9-14,17,23H,3-4,7-8,15-16H2,1-2H3,(H,27,32). The first-order valence-corrected chi connectivity index (χ1v) is 14.5. The van der Waals surface area contributed by atoms with Crippen LogP contribution in [-0.4, -0.2) is 51.6 Å². The van der Waals surface area contributed by atoms with Crippen LogP contribution in [0.2, 0.25) is 0 Å². The van der Waals surface area contributed by atoms with Crippen LogP contribution in [-0.2, 0) is 14.8 Å². The van der Waals surface area contributed by atoms with E-state index in [1.54, 1.807) is 28.6 Å². The van der Waals surface area contributed by atoms with Gasteiger partial charge in [-0.05, 0) is 68.1 Å². The summed E-state index contributed by atoms with van der Waals surface area (Å²) in [6.45, 7) is 5.12. The molecule has 1 atom stereocenters. The Kier molecular flexibility index (Phi) is 7.00. The number of para-hydroxylation sites is 1. The molecule has 10 heteroatoms. The van der Waals surface area contributed by atoms with Crippen molar-refractivity contribution in [1.29, 1.82) is 0 Å². The number of nitrogens with zero attached hydrogens (tertiary/aromatic N) is 4. The predicted octanol–water partition coefficient (Wildman–Crippen LogP) is 4.87. The highest BCUT2D eigenvalue weighted by molar-refractivity contribution is 8.00. The summed E-state index contributed by atoms with van der Waals surface area (Å²) in [5.74, 6) is -0.165. The summed E-state index contributed by atoms with van der Waals surface area (Å²) in [7, 11) is -3.51. The smallest absolute Gasteiger partial charge is 0.243 e. The van der Waals surface area contributed by atoms with Gasteiger partial charge in [0.1, 0.15) is 0 Å². The zero-order valence-electron chi connectivity index (χ0n) is 20.3. The lowest BCUT2D eigenvalue weighted by Crippen LogP contribution is -2.35. The number of hydrogen-bond donors (Lipinski definition) is 1. The maximum absolute atomic E-state index is 13.1. The number of thioether (sulfide) groups is 1. The molecule has 2 aromatic carbocycles. The lowest BCUT2D eigenvalue weighted by molar-refractivity contribution is -0.115. The van der Waals surface area contributed by atoms with Crippen LogP contribution in [0.15, 0.2) is 64.6 Å². The van der Waals surface area contributed by atoms with Crippen molar-refractivity contribution in [3.8, 4) is 0 Å². The van der Waals surface area contributed by atoms with E-state index in [9.17, 15) is 13.2 Å². The van der Waals surface area contributed by atoms with Gasteiger partial charge in [-0.3, -0.25) is 9.20 Å². The first-order chi connectivity index (χ1) is 17.4. The SMILES string of the molecule is CCC(Sc1nnc2cc(C)c3ccccc3n12)C(=O)Nc1ccc(S(=O)(=O)N2CCCCC2)cc1. The molecule has 0 bridgehead atoms. The Morgan fingerprint density at radius 2 is 1.78 bits per heavy atom. The van der Waals surface area contributed by atoms with Crippen molar-refractivity contribution in [2.45, 2.75) is 54.8 Å². The van der Waals surface area contributed by atoms with Gasteiger partial charge >= 0.3 is 0 Å². The van der Waals surface area contributed by atoms with Gasteiger partial charge in [-0.1, -0.05) is 43.3 Å². The number of amides is 1. The fourth-order valence-electron chi connectivity index (χ4n) is 4.59. The zero-order chi connectivity index (χ0) is 25.3. The highest BCUT2D eigenvalue weighted by atomic mass is 32.2. The average Bonchev–Trinajstić information content (AvgIpc) is 3.30. The Bertz CT molecular complexity index is 1510. The molecule has 36 heavy (non-hydrogen) atoms. The minimum atomic E-state index is -3.51. The van der Waals surface area contributed by atoms with E-state index in [0.29, 0.717) is 30.4 Å². The second-order valence-electron chi connectivity index (χ2n) is 9.01. The Labute approximate surface area is 215 Å². The van der Waals surface area contributed by atoms with Gasteiger partial charge in [0, 0.05) is 24.2 Å². The van der Waals surface area contributed by atoms with Gasteiger partial charge < -0.3 is 5.32 Å². The van der Waals surface area contributed by atoms with E-state index < -0.39 is 15.3 Å². The van der Waals surface area contributed by atoms with Crippen molar-refractivity contribution in [2.24, 2.45) is 0 Å². The molecule has 5 rings (SSSR count). The first kappa shape index (κ1) is 24.7. The molecule has 1 saturated heterocycles. The number of rotatable bonds is 7. The number of nitrogens with one attached hydrogen (secondary N) is 1. The third-order valence-corrected chi connectivity index (χ3v) is 9.78. The molecule has 1 amide bonds. The summed E-state index contributed by atoms with van der Waals surface area (Å²) >= 11 is 1.37. The number of benzene rings is 2. The third kappa shape index (κ3) is 4.72. The molecule has 2 aromatic heterocycles. The highest BCUT2D eigenvalue weighted by Crippen LogP contribution is 2.30. The molecule has 1 fully saturated rings. The molecule has 188 valence electrons. The molecule has 1 N–H and O–H groups in total. The fourth-order valence-corrected chi connectivity index (χ4v) is 7.08. The van der Waals surface area contributed by atoms with Crippen LogP contribution in [0.5, 0.6) is 0 Å². The Balaban J connectivity index is 1.33. The molecule has 0 saturated carbocycles. The van der Waals surface area contributed by atoms with Gasteiger partial charge in [0.25, 0.3) is 0 Å². The van der Waals surface area contributed by atoms with Crippen LogP contribution in [0.3, 0.4) is 0 Å². The number of aryl methyl sites for hydroxylation is 1. The summed E-state index contributed by atoms with van der Waals surface area (Å²) in [5, 5.41) is 13.0. The molecule has 4 aromatic rings. The fraction of sp³-hybridized carbons (Fsp3) is 0.346. The van der Waals surface area contributed by atoms with Crippen molar-refractivity contribution < 1.29 is 13.2 Å². The molecular formula is C26H29N5O3S2. The minimum absolute atomic E-state index is 0.165. The van der Waals surface area contributed by atoms with Crippen molar-refractivity contribution >= 4 is 49.9 Å². The van der Waals surface area contributed by atoms with Gasteiger partial charge in [-0.15, -0.1) is 10.2 Å². The Morgan fingerprint density at radius 3 is 2.50 bits per heavy atom. The number of aromatic nitrogens is 3. The van der Waals surface area contributed by atoms with Crippen molar-refractivity contribution in [3.05, 3.63) is 60.2 Å². The summed E-state index contributed by atoms with van der Waals surface area (Å²) in [6, 6.07) is 16.5. The molecule has 8 nitrogen and oxygen atoms in total. The minimum Gasteiger partial charge on any atom is -0.325 e. The molecular weight excluding hydrogens is 494 g/mol. The van der Waals surface area contributed by atoms with Gasteiger partial charge in [0.2, 0.25) is 15.9 Å². The van der Waals surface area contributed by atoms with E-state index in [-0.39, 0.29) is 10.8 Å². The summed E-state index contributed by atoms with van der Waals surface area (Å²) in [4.78, 5) is 13.4. The van der Waals surface area contributed by atoms with Gasteiger partial charge in [0.05, 0.1) is 15.7 Å². The lowest BCUT2D eigenvalue weighted by atomic mass is 10.1. The molecule has 0 spiro atoms. The number of sulfonamides is 1. The second-order valence-corrected chi connectivity index (χ2v) is 12.1. The highest BCUT2D eigenvalue weighted by Gasteiger charge is 2.26. The Morgan fingerprint density at radius 1 is 1.06 bits per heavy atom. The number of fused-ring (bicyclic) bond motifs is 3. The van der Waals surface area contributed by atoms with Gasteiger partial charge in [-0.25, -0.2) is 8.42 Å². The monoisotopic (exact) mass is 523 g/mol. The number of carbonyl (C=O) groups excluding carboxylic acids is 1. The van der Waals surface area contributed by atoms with E-state index in [1.165, 1.54) is 11.8 Å². The number of piperidine rings is 1. The van der Waals surface area contributed by atoms with Gasteiger partial charge in [-0.2, -0.15) is 4.31 Å². The van der Waals surface area contributed by atoms with E-state index in [0.717, 1.165) is 41.4 Å². The number of carbonyl (C=O) groups is 1. The van der Waals surface area contributed by atoms with Crippen molar-refractivity contribution in [3.63, 3.8) is 0 Å². The van der Waals surface area contributed by atoms with Crippen LogP contribution >= 0.6 is 11.8 Å².